The summed E-state index contributed by atoms with van der Waals surface area (Å²) in [5.74, 6) is 0.506. The van der Waals surface area contributed by atoms with Gasteiger partial charge in [0.05, 0.1) is 5.52 Å². The fraction of sp³-hybridized carbons (Fsp3) is 0.300. The molecule has 3 heteroatoms. The molecule has 0 aromatic carbocycles. The average Bonchev–Trinajstić information content (AvgIpc) is 2.46. The second-order valence-corrected chi connectivity index (χ2v) is 3.86. The number of rotatable bonds is 1. The van der Waals surface area contributed by atoms with E-state index in [0.29, 0.717) is 11.1 Å². The zero-order valence-corrected chi connectivity index (χ0v) is 8.39. The second kappa shape index (κ2) is 3.04. The topological polar surface area (TPSA) is 28.7 Å². The van der Waals surface area contributed by atoms with Crippen molar-refractivity contribution >= 4 is 22.5 Å². The number of aromatic amines is 1. The van der Waals surface area contributed by atoms with Crippen molar-refractivity contribution in [3.8, 4) is 0 Å². The molecular formula is C10H11ClN2. The smallest absolute Gasteiger partial charge is 0.131 e. The number of aromatic nitrogens is 2. The molecule has 0 saturated heterocycles. The minimum Gasteiger partial charge on any atom is -0.358 e. The molecule has 2 nitrogen and oxygen atoms in total. The number of nitrogens with zero attached hydrogens (tertiary/aromatic N) is 1. The predicted octanol–water partition coefficient (Wildman–Crippen LogP) is 3.34. The van der Waals surface area contributed by atoms with Crippen LogP contribution in [0.3, 0.4) is 0 Å². The highest BCUT2D eigenvalue weighted by molar-refractivity contribution is 6.30. The normalized spacial score (nSPS) is 11.4. The molecule has 0 amide bonds. The molecular weight excluding hydrogens is 184 g/mol. The highest BCUT2D eigenvalue weighted by Gasteiger charge is 2.04. The van der Waals surface area contributed by atoms with Gasteiger partial charge in [-0.3, -0.25) is 0 Å². The van der Waals surface area contributed by atoms with E-state index in [1.54, 1.807) is 6.20 Å². The fourth-order valence-electron chi connectivity index (χ4n) is 1.33. The van der Waals surface area contributed by atoms with Crippen LogP contribution in [0.1, 0.15) is 25.5 Å². The van der Waals surface area contributed by atoms with E-state index in [1.165, 1.54) is 5.69 Å². The molecule has 68 valence electrons. The van der Waals surface area contributed by atoms with E-state index in [-0.39, 0.29) is 0 Å². The average molecular weight is 195 g/mol. The van der Waals surface area contributed by atoms with Gasteiger partial charge in [0.25, 0.3) is 0 Å². The molecule has 0 unspecified atom stereocenters. The van der Waals surface area contributed by atoms with Crippen LogP contribution in [0.15, 0.2) is 18.3 Å². The Hall–Kier alpha value is -1.02. The lowest BCUT2D eigenvalue weighted by Crippen LogP contribution is -1.84. The van der Waals surface area contributed by atoms with E-state index in [4.69, 9.17) is 11.6 Å². The summed E-state index contributed by atoms with van der Waals surface area (Å²) in [6, 6.07) is 3.96. The van der Waals surface area contributed by atoms with Crippen molar-refractivity contribution in [3.05, 3.63) is 29.2 Å². The lowest BCUT2D eigenvalue weighted by Gasteiger charge is -1.97. The van der Waals surface area contributed by atoms with Crippen LogP contribution in [-0.2, 0) is 0 Å². The Bertz CT molecular complexity index is 431. The Labute approximate surface area is 81.9 Å². The van der Waals surface area contributed by atoms with Crippen LogP contribution in [0.25, 0.3) is 10.9 Å². The number of H-pyrrole nitrogens is 1. The molecule has 0 aliphatic carbocycles. The number of hydrogen-bond acceptors (Lipinski definition) is 1. The van der Waals surface area contributed by atoms with Crippen LogP contribution >= 0.6 is 11.6 Å². The molecule has 13 heavy (non-hydrogen) atoms. The predicted molar refractivity (Wildman–Crippen MR) is 55.2 cm³/mol. The Kier molecular flexibility index (Phi) is 2.00. The van der Waals surface area contributed by atoms with Crippen molar-refractivity contribution in [3.63, 3.8) is 0 Å². The SMILES string of the molecule is CC(C)c1cc2cnc(Cl)cc2[nH]1. The summed E-state index contributed by atoms with van der Waals surface area (Å²) in [4.78, 5) is 7.34. The summed E-state index contributed by atoms with van der Waals surface area (Å²) in [5, 5.41) is 1.65. The maximum atomic E-state index is 5.78. The molecule has 0 aliphatic heterocycles. The highest BCUT2D eigenvalue weighted by atomic mass is 35.5. The number of halogens is 1. The van der Waals surface area contributed by atoms with Crippen molar-refractivity contribution in [1.82, 2.24) is 9.97 Å². The first-order chi connectivity index (χ1) is 6.16. The van der Waals surface area contributed by atoms with Crippen LogP contribution in [0.2, 0.25) is 5.15 Å². The zero-order chi connectivity index (χ0) is 9.42. The Morgan fingerprint density at radius 1 is 1.38 bits per heavy atom. The van der Waals surface area contributed by atoms with Gasteiger partial charge in [0, 0.05) is 17.3 Å². The molecule has 2 aromatic rings. The van der Waals surface area contributed by atoms with Crippen molar-refractivity contribution in [2.75, 3.05) is 0 Å². The highest BCUT2D eigenvalue weighted by Crippen LogP contribution is 2.21. The Morgan fingerprint density at radius 3 is 2.85 bits per heavy atom. The van der Waals surface area contributed by atoms with Gasteiger partial charge in [-0.2, -0.15) is 0 Å². The van der Waals surface area contributed by atoms with E-state index in [9.17, 15) is 0 Å². The summed E-state index contributed by atoms with van der Waals surface area (Å²) in [7, 11) is 0. The molecule has 0 saturated carbocycles. The van der Waals surface area contributed by atoms with E-state index in [1.807, 2.05) is 6.07 Å². The van der Waals surface area contributed by atoms with Gasteiger partial charge in [0.1, 0.15) is 5.15 Å². The standard InChI is InChI=1S/C10H11ClN2/c1-6(2)8-3-7-5-12-10(11)4-9(7)13-8/h3-6,13H,1-2H3. The van der Waals surface area contributed by atoms with E-state index >= 15 is 0 Å². The zero-order valence-electron chi connectivity index (χ0n) is 7.63. The van der Waals surface area contributed by atoms with Gasteiger partial charge in [-0.1, -0.05) is 25.4 Å². The molecule has 0 aliphatic rings. The van der Waals surface area contributed by atoms with Crippen molar-refractivity contribution in [2.45, 2.75) is 19.8 Å². The summed E-state index contributed by atoms with van der Waals surface area (Å²) in [5.41, 5.74) is 2.28. The van der Waals surface area contributed by atoms with Crippen molar-refractivity contribution < 1.29 is 0 Å². The fourth-order valence-corrected chi connectivity index (χ4v) is 1.49. The number of pyridine rings is 1. The van der Waals surface area contributed by atoms with E-state index in [2.05, 4.69) is 29.9 Å². The number of hydrogen-bond donors (Lipinski definition) is 1. The molecule has 0 radical (unpaired) electrons. The third-order valence-corrected chi connectivity index (χ3v) is 2.32. The first-order valence-corrected chi connectivity index (χ1v) is 4.69. The van der Waals surface area contributed by atoms with E-state index in [0.717, 1.165) is 10.9 Å². The van der Waals surface area contributed by atoms with Gasteiger partial charge in [0.15, 0.2) is 0 Å². The first-order valence-electron chi connectivity index (χ1n) is 4.31. The minimum atomic E-state index is 0.506. The van der Waals surface area contributed by atoms with Crippen molar-refractivity contribution in [2.24, 2.45) is 0 Å². The summed E-state index contributed by atoms with van der Waals surface area (Å²) in [6.07, 6.45) is 1.79. The molecule has 2 aromatic heterocycles. The monoisotopic (exact) mass is 194 g/mol. The van der Waals surface area contributed by atoms with Gasteiger partial charge in [0.2, 0.25) is 0 Å². The van der Waals surface area contributed by atoms with Crippen LogP contribution in [0.5, 0.6) is 0 Å². The third-order valence-electron chi connectivity index (χ3n) is 2.11. The Balaban J connectivity index is 2.62. The number of fused-ring (bicyclic) bond motifs is 1. The molecule has 1 N–H and O–H groups in total. The van der Waals surface area contributed by atoms with E-state index < -0.39 is 0 Å². The van der Waals surface area contributed by atoms with Crippen molar-refractivity contribution in [1.29, 1.82) is 0 Å². The largest absolute Gasteiger partial charge is 0.358 e. The second-order valence-electron chi connectivity index (χ2n) is 3.47. The quantitative estimate of drug-likeness (QED) is 0.693. The first kappa shape index (κ1) is 8.57. The van der Waals surface area contributed by atoms with Crippen LogP contribution in [-0.4, -0.2) is 9.97 Å². The molecule has 2 rings (SSSR count). The van der Waals surface area contributed by atoms with Crippen LogP contribution in [0, 0.1) is 0 Å². The summed E-state index contributed by atoms with van der Waals surface area (Å²) in [6.45, 7) is 4.31. The summed E-state index contributed by atoms with van der Waals surface area (Å²) < 4.78 is 0. The third kappa shape index (κ3) is 1.54. The summed E-state index contributed by atoms with van der Waals surface area (Å²) >= 11 is 5.78. The maximum absolute atomic E-state index is 5.78. The molecule has 0 bridgehead atoms. The van der Waals surface area contributed by atoms with Gasteiger partial charge in [-0.25, -0.2) is 4.98 Å². The molecule has 0 fully saturated rings. The molecule has 2 heterocycles. The van der Waals surface area contributed by atoms with Crippen LogP contribution in [0.4, 0.5) is 0 Å². The van der Waals surface area contributed by atoms with Gasteiger partial charge < -0.3 is 4.98 Å². The lowest BCUT2D eigenvalue weighted by molar-refractivity contribution is 0.836. The lowest BCUT2D eigenvalue weighted by atomic mass is 10.1. The van der Waals surface area contributed by atoms with Gasteiger partial charge in [-0.15, -0.1) is 0 Å². The van der Waals surface area contributed by atoms with Gasteiger partial charge >= 0.3 is 0 Å². The van der Waals surface area contributed by atoms with Crippen LogP contribution < -0.4 is 0 Å². The van der Waals surface area contributed by atoms with Gasteiger partial charge in [-0.05, 0) is 18.1 Å². The number of nitrogens with one attached hydrogen (secondary N) is 1. The molecule has 0 spiro atoms. The molecule has 0 atom stereocenters. The Morgan fingerprint density at radius 2 is 2.15 bits per heavy atom. The maximum Gasteiger partial charge on any atom is 0.131 e. The minimum absolute atomic E-state index is 0.506.